The molecule has 0 radical (unpaired) electrons. The van der Waals surface area contributed by atoms with Crippen LogP contribution in [0.5, 0.6) is 0 Å². The highest BCUT2D eigenvalue weighted by molar-refractivity contribution is 5.76. The van der Waals surface area contributed by atoms with Crippen LogP contribution in [0.4, 0.5) is 0 Å². The number of amides is 1. The normalized spacial score (nSPS) is 31.7. The van der Waals surface area contributed by atoms with Gasteiger partial charge >= 0.3 is 0 Å². The molecule has 0 aromatic carbocycles. The minimum atomic E-state index is -0.386. The number of hydrogen-bond donors (Lipinski definition) is 1. The van der Waals surface area contributed by atoms with Crippen molar-refractivity contribution in [2.75, 3.05) is 39.8 Å². The Morgan fingerprint density at radius 1 is 1.39 bits per heavy atom. The number of terminal acetylenes is 1. The summed E-state index contributed by atoms with van der Waals surface area (Å²) in [7, 11) is 2.11. The van der Waals surface area contributed by atoms with Crippen molar-refractivity contribution in [2.24, 2.45) is 21.6 Å². The maximum atomic E-state index is 12.6. The second kappa shape index (κ2) is 6.21. The van der Waals surface area contributed by atoms with Crippen molar-refractivity contribution in [3.63, 3.8) is 0 Å². The second-order valence-corrected chi connectivity index (χ2v) is 7.39. The molecular formula is C17H26N4O2. The summed E-state index contributed by atoms with van der Waals surface area (Å²) in [5.74, 6) is 3.14. The third-order valence-electron chi connectivity index (χ3n) is 5.80. The molecule has 0 aliphatic carbocycles. The molecule has 0 aromatic heterocycles. The first-order valence-corrected chi connectivity index (χ1v) is 8.47. The molecule has 3 rings (SSSR count). The standard InChI is InChI=1S/C17H26N4O2/c1-3-4-6-17(18-19-17)7-5-15(23)21-11-14-10-20(2)9-8-16(14,12-21)13-22/h1,14,22H,4-13H2,2H3/t14-,16+/m1/s1. The molecule has 126 valence electrons. The predicted molar refractivity (Wildman–Crippen MR) is 86.6 cm³/mol. The number of likely N-dealkylation sites (tertiary alicyclic amines) is 2. The van der Waals surface area contributed by atoms with E-state index in [-0.39, 0.29) is 23.6 Å². The fourth-order valence-corrected chi connectivity index (χ4v) is 4.03. The highest BCUT2D eigenvalue weighted by Crippen LogP contribution is 2.43. The van der Waals surface area contributed by atoms with E-state index in [1.54, 1.807) is 0 Å². The summed E-state index contributed by atoms with van der Waals surface area (Å²) in [6.45, 7) is 3.57. The van der Waals surface area contributed by atoms with Crippen LogP contribution in [-0.4, -0.2) is 66.3 Å². The van der Waals surface area contributed by atoms with Crippen LogP contribution in [0.3, 0.4) is 0 Å². The van der Waals surface area contributed by atoms with Gasteiger partial charge in [-0.15, -0.1) is 12.3 Å². The van der Waals surface area contributed by atoms with Gasteiger partial charge in [0.1, 0.15) is 0 Å². The molecule has 23 heavy (non-hydrogen) atoms. The van der Waals surface area contributed by atoms with Gasteiger partial charge in [-0.1, -0.05) is 0 Å². The van der Waals surface area contributed by atoms with Gasteiger partial charge in [-0.3, -0.25) is 4.79 Å². The van der Waals surface area contributed by atoms with Crippen LogP contribution in [0.1, 0.15) is 32.1 Å². The number of nitrogens with zero attached hydrogens (tertiary/aromatic N) is 4. The molecule has 2 fully saturated rings. The van der Waals surface area contributed by atoms with E-state index in [4.69, 9.17) is 6.42 Å². The minimum Gasteiger partial charge on any atom is -0.396 e. The number of carbonyl (C=O) groups excluding carboxylic acids is 1. The first-order valence-electron chi connectivity index (χ1n) is 8.47. The van der Waals surface area contributed by atoms with Gasteiger partial charge in [0.25, 0.3) is 0 Å². The van der Waals surface area contributed by atoms with Crippen LogP contribution in [0.25, 0.3) is 0 Å². The summed E-state index contributed by atoms with van der Waals surface area (Å²) >= 11 is 0. The Labute approximate surface area is 137 Å². The molecule has 2 saturated heterocycles. The summed E-state index contributed by atoms with van der Waals surface area (Å²) in [6.07, 6.45) is 8.75. The lowest BCUT2D eigenvalue weighted by atomic mass is 9.73. The van der Waals surface area contributed by atoms with Crippen molar-refractivity contribution < 1.29 is 9.90 Å². The largest absolute Gasteiger partial charge is 0.396 e. The first-order chi connectivity index (χ1) is 11.0. The van der Waals surface area contributed by atoms with Crippen LogP contribution in [-0.2, 0) is 4.79 Å². The monoisotopic (exact) mass is 318 g/mol. The van der Waals surface area contributed by atoms with Gasteiger partial charge in [0, 0.05) is 50.7 Å². The molecule has 0 unspecified atom stereocenters. The number of aliphatic hydroxyl groups is 1. The molecule has 6 nitrogen and oxygen atoms in total. The Balaban J connectivity index is 1.54. The van der Waals surface area contributed by atoms with Crippen LogP contribution in [0.15, 0.2) is 10.2 Å². The smallest absolute Gasteiger partial charge is 0.222 e. The van der Waals surface area contributed by atoms with E-state index in [9.17, 15) is 9.90 Å². The Bertz CT molecular complexity index is 535. The van der Waals surface area contributed by atoms with E-state index in [1.165, 1.54) is 0 Å². The SMILES string of the molecule is C#CCCC1(CCC(=O)N2C[C@H]3CN(C)CC[C@@]3(CO)C2)N=N1. The summed E-state index contributed by atoms with van der Waals surface area (Å²) in [5.41, 5.74) is -0.485. The molecule has 0 aromatic rings. The van der Waals surface area contributed by atoms with Crippen molar-refractivity contribution in [2.45, 2.75) is 37.8 Å². The van der Waals surface area contributed by atoms with E-state index in [0.717, 1.165) is 32.5 Å². The Morgan fingerprint density at radius 3 is 2.83 bits per heavy atom. The maximum absolute atomic E-state index is 12.6. The molecule has 2 atom stereocenters. The number of hydrogen-bond acceptors (Lipinski definition) is 5. The van der Waals surface area contributed by atoms with Gasteiger partial charge in [0.2, 0.25) is 5.91 Å². The molecule has 3 aliphatic rings. The van der Waals surface area contributed by atoms with Crippen LogP contribution >= 0.6 is 0 Å². The van der Waals surface area contributed by atoms with E-state index in [0.29, 0.717) is 31.7 Å². The lowest BCUT2D eigenvalue weighted by molar-refractivity contribution is -0.131. The number of aliphatic hydroxyl groups excluding tert-OH is 1. The third-order valence-corrected chi connectivity index (χ3v) is 5.80. The van der Waals surface area contributed by atoms with Crippen LogP contribution in [0.2, 0.25) is 0 Å². The molecule has 0 saturated carbocycles. The molecule has 1 amide bonds. The topological polar surface area (TPSA) is 68.5 Å². The highest BCUT2D eigenvalue weighted by atomic mass is 16.3. The Hall–Kier alpha value is -1.45. The number of rotatable bonds is 6. The fraction of sp³-hybridized carbons (Fsp3) is 0.824. The molecule has 3 aliphatic heterocycles. The van der Waals surface area contributed by atoms with Gasteiger partial charge in [-0.05, 0) is 25.9 Å². The second-order valence-electron chi connectivity index (χ2n) is 7.39. The Morgan fingerprint density at radius 2 is 2.17 bits per heavy atom. The average molecular weight is 318 g/mol. The third kappa shape index (κ3) is 3.26. The highest BCUT2D eigenvalue weighted by Gasteiger charge is 2.50. The van der Waals surface area contributed by atoms with Gasteiger partial charge in [-0.25, -0.2) is 0 Å². The lowest BCUT2D eigenvalue weighted by Gasteiger charge is -2.40. The molecule has 1 N–H and O–H groups in total. The van der Waals surface area contributed by atoms with Gasteiger partial charge in [-0.2, -0.15) is 10.2 Å². The lowest BCUT2D eigenvalue weighted by Crippen LogP contribution is -2.47. The van der Waals surface area contributed by atoms with E-state index in [1.807, 2.05) is 4.90 Å². The summed E-state index contributed by atoms with van der Waals surface area (Å²) < 4.78 is 0. The quantitative estimate of drug-likeness (QED) is 0.746. The van der Waals surface area contributed by atoms with Crippen molar-refractivity contribution in [3.05, 3.63) is 0 Å². The Kier molecular flexibility index (Phi) is 4.43. The number of piperidine rings is 1. The zero-order valence-electron chi connectivity index (χ0n) is 13.9. The zero-order valence-corrected chi connectivity index (χ0v) is 13.9. The van der Waals surface area contributed by atoms with Gasteiger partial charge in [0.15, 0.2) is 5.66 Å². The van der Waals surface area contributed by atoms with Crippen molar-refractivity contribution in [1.29, 1.82) is 0 Å². The number of fused-ring (bicyclic) bond motifs is 1. The predicted octanol–water partition coefficient (Wildman–Crippen LogP) is 1.11. The summed E-state index contributed by atoms with van der Waals surface area (Å²) in [6, 6.07) is 0. The van der Waals surface area contributed by atoms with E-state index in [2.05, 4.69) is 28.1 Å². The molecule has 0 spiro atoms. The van der Waals surface area contributed by atoms with E-state index >= 15 is 0 Å². The molecule has 3 heterocycles. The summed E-state index contributed by atoms with van der Waals surface area (Å²) in [5, 5.41) is 18.1. The van der Waals surface area contributed by atoms with Crippen molar-refractivity contribution >= 4 is 5.91 Å². The van der Waals surface area contributed by atoms with Gasteiger partial charge < -0.3 is 14.9 Å². The molecule has 6 heteroatoms. The van der Waals surface area contributed by atoms with Crippen molar-refractivity contribution in [3.8, 4) is 12.3 Å². The average Bonchev–Trinajstić information content (AvgIpc) is 3.23. The molecule has 0 bridgehead atoms. The number of carbonyl (C=O) groups is 1. The fourth-order valence-electron chi connectivity index (χ4n) is 4.03. The minimum absolute atomic E-state index is 0.0995. The van der Waals surface area contributed by atoms with Crippen LogP contribution < -0.4 is 0 Å². The van der Waals surface area contributed by atoms with E-state index < -0.39 is 0 Å². The van der Waals surface area contributed by atoms with Crippen molar-refractivity contribution in [1.82, 2.24) is 9.80 Å². The van der Waals surface area contributed by atoms with Gasteiger partial charge in [0.05, 0.1) is 6.61 Å². The van der Waals surface area contributed by atoms with Crippen LogP contribution in [0, 0.1) is 23.7 Å². The molecular weight excluding hydrogens is 292 g/mol. The zero-order chi connectivity index (χ0) is 16.5. The first kappa shape index (κ1) is 16.4. The summed E-state index contributed by atoms with van der Waals surface area (Å²) in [4.78, 5) is 16.8. The maximum Gasteiger partial charge on any atom is 0.222 e.